The summed E-state index contributed by atoms with van der Waals surface area (Å²) in [5.74, 6) is 0. The number of nitrogens with zero attached hydrogens (tertiary/aromatic N) is 2. The molecule has 3 nitrogen and oxygen atoms in total. The van der Waals surface area contributed by atoms with Gasteiger partial charge in [0.05, 0.1) is 18.2 Å². The van der Waals surface area contributed by atoms with E-state index in [0.717, 1.165) is 35.0 Å². The molecule has 1 aliphatic heterocycles. The average molecular weight is 208 g/mol. The third-order valence-corrected chi connectivity index (χ3v) is 3.60. The van der Waals surface area contributed by atoms with E-state index < -0.39 is 0 Å². The van der Waals surface area contributed by atoms with Crippen LogP contribution in [0.1, 0.15) is 34.5 Å². The molecule has 0 spiro atoms. The van der Waals surface area contributed by atoms with Crippen LogP contribution in [0.5, 0.6) is 0 Å². The van der Waals surface area contributed by atoms with Crippen molar-refractivity contribution >= 4 is 11.3 Å². The molecule has 74 valence electrons. The van der Waals surface area contributed by atoms with Crippen LogP contribution in [0.4, 0.5) is 0 Å². The Morgan fingerprint density at radius 2 is 2.57 bits per heavy atom. The topological polar surface area (TPSA) is 45.9 Å². The summed E-state index contributed by atoms with van der Waals surface area (Å²) in [5, 5.41) is 9.66. The minimum atomic E-state index is 0.186. The number of ether oxygens (including phenoxy) is 1. The Labute approximate surface area is 87.3 Å². The Balaban J connectivity index is 2.19. The van der Waals surface area contributed by atoms with Crippen LogP contribution in [0.3, 0.4) is 0 Å². The molecule has 1 saturated heterocycles. The number of hydrogen-bond acceptors (Lipinski definition) is 4. The van der Waals surface area contributed by atoms with E-state index in [1.165, 1.54) is 0 Å². The first-order valence-corrected chi connectivity index (χ1v) is 5.57. The van der Waals surface area contributed by atoms with Crippen molar-refractivity contribution in [1.82, 2.24) is 4.98 Å². The Morgan fingerprint density at radius 3 is 3.21 bits per heavy atom. The van der Waals surface area contributed by atoms with Crippen LogP contribution < -0.4 is 0 Å². The maximum atomic E-state index is 8.62. The van der Waals surface area contributed by atoms with Gasteiger partial charge in [-0.2, -0.15) is 5.26 Å². The Kier molecular flexibility index (Phi) is 2.80. The summed E-state index contributed by atoms with van der Waals surface area (Å²) in [6.45, 7) is 2.80. The van der Waals surface area contributed by atoms with Crippen LogP contribution in [0.25, 0.3) is 0 Å². The van der Waals surface area contributed by atoms with E-state index in [-0.39, 0.29) is 6.10 Å². The maximum Gasteiger partial charge on any atom is 0.122 e. The van der Waals surface area contributed by atoms with Gasteiger partial charge in [0.15, 0.2) is 0 Å². The van der Waals surface area contributed by atoms with Crippen LogP contribution in [0, 0.1) is 18.3 Å². The smallest absolute Gasteiger partial charge is 0.122 e. The first-order valence-electron chi connectivity index (χ1n) is 4.76. The van der Waals surface area contributed by atoms with Gasteiger partial charge in [-0.15, -0.1) is 11.3 Å². The maximum absolute atomic E-state index is 8.62. The van der Waals surface area contributed by atoms with Crippen molar-refractivity contribution in [2.24, 2.45) is 0 Å². The quantitative estimate of drug-likeness (QED) is 0.749. The Bertz CT molecular complexity index is 361. The van der Waals surface area contributed by atoms with E-state index in [0.29, 0.717) is 6.42 Å². The summed E-state index contributed by atoms with van der Waals surface area (Å²) in [7, 11) is 0. The zero-order valence-electron chi connectivity index (χ0n) is 8.12. The van der Waals surface area contributed by atoms with Gasteiger partial charge in [-0.1, -0.05) is 0 Å². The number of nitriles is 1. The van der Waals surface area contributed by atoms with Crippen LogP contribution >= 0.6 is 11.3 Å². The molecule has 1 aliphatic rings. The number of aromatic nitrogens is 1. The van der Waals surface area contributed by atoms with Crippen molar-refractivity contribution in [3.8, 4) is 6.07 Å². The predicted octanol–water partition coefficient (Wildman–Crippen LogP) is 2.37. The SMILES string of the molecule is Cc1nc(C2CCCO2)sc1CC#N. The molecule has 2 heterocycles. The molecule has 0 N–H and O–H groups in total. The first-order chi connectivity index (χ1) is 6.81. The third kappa shape index (κ3) is 1.79. The summed E-state index contributed by atoms with van der Waals surface area (Å²) >= 11 is 1.62. The van der Waals surface area contributed by atoms with Crippen molar-refractivity contribution in [2.75, 3.05) is 6.61 Å². The van der Waals surface area contributed by atoms with Gasteiger partial charge < -0.3 is 4.74 Å². The summed E-state index contributed by atoms with van der Waals surface area (Å²) in [5.41, 5.74) is 0.988. The largest absolute Gasteiger partial charge is 0.371 e. The van der Waals surface area contributed by atoms with Crippen molar-refractivity contribution in [3.63, 3.8) is 0 Å². The van der Waals surface area contributed by atoms with Crippen LogP contribution in [-0.2, 0) is 11.2 Å². The molecular weight excluding hydrogens is 196 g/mol. The molecule has 4 heteroatoms. The van der Waals surface area contributed by atoms with Crippen molar-refractivity contribution < 1.29 is 4.74 Å². The van der Waals surface area contributed by atoms with Crippen LogP contribution in [0.15, 0.2) is 0 Å². The van der Waals surface area contributed by atoms with Gasteiger partial charge in [0.1, 0.15) is 11.1 Å². The summed E-state index contributed by atoms with van der Waals surface area (Å²) in [4.78, 5) is 5.54. The molecule has 1 fully saturated rings. The highest BCUT2D eigenvalue weighted by Crippen LogP contribution is 2.32. The van der Waals surface area contributed by atoms with Crippen LogP contribution in [-0.4, -0.2) is 11.6 Å². The number of rotatable bonds is 2. The standard InChI is InChI=1S/C10H12N2OS/c1-7-9(4-5-11)14-10(12-7)8-3-2-6-13-8/h8H,2-4,6H2,1H3. The highest BCUT2D eigenvalue weighted by Gasteiger charge is 2.22. The Morgan fingerprint density at radius 1 is 1.71 bits per heavy atom. The fraction of sp³-hybridized carbons (Fsp3) is 0.600. The molecule has 0 radical (unpaired) electrons. The molecule has 1 aromatic rings. The normalized spacial score (nSPS) is 21.0. The van der Waals surface area contributed by atoms with Gasteiger partial charge in [-0.05, 0) is 19.8 Å². The van der Waals surface area contributed by atoms with Crippen molar-refractivity contribution in [3.05, 3.63) is 15.6 Å². The van der Waals surface area contributed by atoms with Gasteiger partial charge in [-0.3, -0.25) is 0 Å². The minimum absolute atomic E-state index is 0.186. The second-order valence-corrected chi connectivity index (χ2v) is 4.51. The first kappa shape index (κ1) is 9.63. The molecule has 14 heavy (non-hydrogen) atoms. The lowest BCUT2D eigenvalue weighted by molar-refractivity contribution is 0.111. The average Bonchev–Trinajstić information content (AvgIpc) is 2.76. The van der Waals surface area contributed by atoms with Gasteiger partial charge in [-0.25, -0.2) is 4.98 Å². The molecule has 2 rings (SSSR count). The second-order valence-electron chi connectivity index (χ2n) is 3.40. The highest BCUT2D eigenvalue weighted by atomic mass is 32.1. The number of aryl methyl sites for hydroxylation is 1. The fourth-order valence-corrected chi connectivity index (χ4v) is 2.68. The zero-order valence-corrected chi connectivity index (χ0v) is 8.93. The van der Waals surface area contributed by atoms with Crippen molar-refractivity contribution in [2.45, 2.75) is 32.3 Å². The molecular formula is C10H12N2OS. The second kappa shape index (κ2) is 4.07. The molecule has 1 unspecified atom stereocenters. The summed E-state index contributed by atoms with van der Waals surface area (Å²) in [6, 6.07) is 2.16. The Hall–Kier alpha value is -0.920. The molecule has 1 atom stereocenters. The number of hydrogen-bond donors (Lipinski definition) is 0. The van der Waals surface area contributed by atoms with Crippen molar-refractivity contribution in [1.29, 1.82) is 5.26 Å². The van der Waals surface area contributed by atoms with Gasteiger partial charge in [0.2, 0.25) is 0 Å². The lowest BCUT2D eigenvalue weighted by atomic mass is 10.2. The van der Waals surface area contributed by atoms with E-state index in [1.807, 2.05) is 6.92 Å². The lowest BCUT2D eigenvalue weighted by Crippen LogP contribution is -1.94. The van der Waals surface area contributed by atoms with E-state index in [1.54, 1.807) is 11.3 Å². The summed E-state index contributed by atoms with van der Waals surface area (Å²) < 4.78 is 5.55. The number of thiazole rings is 1. The van der Waals surface area contributed by atoms with E-state index in [4.69, 9.17) is 10.00 Å². The lowest BCUT2D eigenvalue weighted by Gasteiger charge is -2.02. The van der Waals surface area contributed by atoms with E-state index in [9.17, 15) is 0 Å². The molecule has 0 amide bonds. The third-order valence-electron chi connectivity index (χ3n) is 2.35. The van der Waals surface area contributed by atoms with Gasteiger partial charge >= 0.3 is 0 Å². The monoisotopic (exact) mass is 208 g/mol. The van der Waals surface area contributed by atoms with Gasteiger partial charge in [0, 0.05) is 11.5 Å². The minimum Gasteiger partial charge on any atom is -0.371 e. The fourth-order valence-electron chi connectivity index (χ4n) is 1.60. The molecule has 1 aromatic heterocycles. The van der Waals surface area contributed by atoms with Gasteiger partial charge in [0.25, 0.3) is 0 Å². The highest BCUT2D eigenvalue weighted by molar-refractivity contribution is 7.11. The summed E-state index contributed by atoms with van der Waals surface area (Å²) in [6.07, 6.45) is 2.85. The molecule has 0 aliphatic carbocycles. The molecule has 0 saturated carbocycles. The van der Waals surface area contributed by atoms with E-state index in [2.05, 4.69) is 11.1 Å². The molecule has 0 aromatic carbocycles. The van der Waals surface area contributed by atoms with Crippen LogP contribution in [0.2, 0.25) is 0 Å². The predicted molar refractivity (Wildman–Crippen MR) is 54.1 cm³/mol. The molecule has 0 bridgehead atoms. The zero-order chi connectivity index (χ0) is 9.97. The van der Waals surface area contributed by atoms with E-state index >= 15 is 0 Å².